The van der Waals surface area contributed by atoms with E-state index in [0.717, 1.165) is 62.5 Å². The lowest BCUT2D eigenvalue weighted by molar-refractivity contribution is -0.145. The summed E-state index contributed by atoms with van der Waals surface area (Å²) in [5, 5.41) is 0. The number of aryl methyl sites for hydroxylation is 1. The van der Waals surface area contributed by atoms with Gasteiger partial charge in [-0.3, -0.25) is 9.59 Å². The Morgan fingerprint density at radius 3 is 2.41 bits per heavy atom. The summed E-state index contributed by atoms with van der Waals surface area (Å²) in [6.45, 7) is 6.21. The minimum Gasteiger partial charge on any atom is -0.430 e. The molecule has 0 bridgehead atoms. The normalized spacial score (nSPS) is 19.7. The largest absolute Gasteiger partial charge is 0.430 e. The summed E-state index contributed by atoms with van der Waals surface area (Å²) in [5.41, 5.74) is 2.36. The van der Waals surface area contributed by atoms with Gasteiger partial charge in [0.15, 0.2) is 5.78 Å². The Labute approximate surface area is 163 Å². The van der Waals surface area contributed by atoms with Crippen LogP contribution >= 0.6 is 0 Å². The molecule has 3 rings (SSSR count). The number of Topliss-reactive ketones (excluding diaryl/α,β-unsaturated/α-hetero) is 1. The molecule has 1 saturated carbocycles. The van der Waals surface area contributed by atoms with Gasteiger partial charge in [0.25, 0.3) is 0 Å². The van der Waals surface area contributed by atoms with Crippen molar-refractivity contribution in [2.45, 2.75) is 78.6 Å². The Morgan fingerprint density at radius 2 is 1.81 bits per heavy atom. The quantitative estimate of drug-likeness (QED) is 0.554. The topological polar surface area (TPSA) is 43.4 Å². The second-order valence-corrected chi connectivity index (χ2v) is 8.33. The molecule has 1 unspecified atom stereocenters. The zero-order chi connectivity index (χ0) is 19.4. The maximum atomic E-state index is 13.4. The van der Waals surface area contributed by atoms with Gasteiger partial charge in [0, 0.05) is 11.8 Å². The molecule has 0 heterocycles. The van der Waals surface area contributed by atoms with Crippen LogP contribution in [-0.2, 0) is 14.3 Å². The Bertz CT molecular complexity index is 720. The molecule has 0 saturated heterocycles. The molecule has 0 aromatic heterocycles. The molecule has 1 aromatic carbocycles. The van der Waals surface area contributed by atoms with Crippen molar-refractivity contribution in [1.29, 1.82) is 0 Å². The monoisotopic (exact) mass is 368 g/mol. The van der Waals surface area contributed by atoms with Gasteiger partial charge < -0.3 is 4.74 Å². The van der Waals surface area contributed by atoms with Crippen LogP contribution < -0.4 is 0 Å². The maximum absolute atomic E-state index is 13.4. The van der Waals surface area contributed by atoms with E-state index in [4.69, 9.17) is 4.74 Å². The van der Waals surface area contributed by atoms with E-state index in [9.17, 15) is 9.59 Å². The molecule has 3 heteroatoms. The van der Waals surface area contributed by atoms with Crippen molar-refractivity contribution in [3.63, 3.8) is 0 Å². The molecule has 1 aromatic rings. The molecule has 2 aliphatic carbocycles. The van der Waals surface area contributed by atoms with Gasteiger partial charge in [-0.2, -0.15) is 0 Å². The number of carbonyl (C=O) groups excluding carboxylic acids is 2. The van der Waals surface area contributed by atoms with Gasteiger partial charge in [0.1, 0.15) is 5.76 Å². The van der Waals surface area contributed by atoms with Gasteiger partial charge in [0.2, 0.25) is 0 Å². The fraction of sp³-hybridized carbons (Fsp3) is 0.583. The van der Waals surface area contributed by atoms with Crippen LogP contribution in [0.15, 0.2) is 30.0 Å². The molecule has 0 amide bonds. The summed E-state index contributed by atoms with van der Waals surface area (Å²) in [4.78, 5) is 26.2. The summed E-state index contributed by atoms with van der Waals surface area (Å²) in [6.07, 6.45) is 8.33. The number of benzene rings is 1. The molecule has 0 radical (unpaired) electrons. The average molecular weight is 369 g/mol. The van der Waals surface area contributed by atoms with Crippen molar-refractivity contribution in [3.05, 3.63) is 41.2 Å². The highest BCUT2D eigenvalue weighted by Gasteiger charge is 2.50. The van der Waals surface area contributed by atoms with E-state index in [1.54, 1.807) is 0 Å². The number of ketones is 1. The van der Waals surface area contributed by atoms with Gasteiger partial charge in [-0.05, 0) is 38.2 Å². The molecule has 0 aliphatic heterocycles. The number of hydrogen-bond acceptors (Lipinski definition) is 3. The summed E-state index contributed by atoms with van der Waals surface area (Å²) >= 11 is 0. The molecular weight excluding hydrogens is 336 g/mol. The van der Waals surface area contributed by atoms with Crippen LogP contribution in [0.2, 0.25) is 0 Å². The second-order valence-electron chi connectivity index (χ2n) is 8.33. The Kier molecular flexibility index (Phi) is 6.18. The van der Waals surface area contributed by atoms with E-state index < -0.39 is 0 Å². The standard InChI is InChI=1S/C24H32O3/c1-4-6-9-18(5-2)23(26)27-20-16-24(14-7-8-15-24)22(25)21(20)19-12-10-17(3)11-13-19/h10-13,18H,4-9,14-16H2,1-3H3. The third-order valence-corrected chi connectivity index (χ3v) is 6.34. The van der Waals surface area contributed by atoms with Gasteiger partial charge in [-0.25, -0.2) is 0 Å². The molecule has 1 fully saturated rings. The Hall–Kier alpha value is -1.90. The number of hydrogen-bond donors (Lipinski definition) is 0. The number of rotatable bonds is 7. The van der Waals surface area contributed by atoms with Crippen LogP contribution in [0.5, 0.6) is 0 Å². The molecule has 2 aliphatic rings. The average Bonchev–Trinajstić information content (AvgIpc) is 3.23. The van der Waals surface area contributed by atoms with E-state index in [1.165, 1.54) is 0 Å². The lowest BCUT2D eigenvalue weighted by Gasteiger charge is -2.21. The Morgan fingerprint density at radius 1 is 1.15 bits per heavy atom. The van der Waals surface area contributed by atoms with Gasteiger partial charge in [-0.1, -0.05) is 69.4 Å². The fourth-order valence-corrected chi connectivity index (χ4v) is 4.57. The first-order valence-corrected chi connectivity index (χ1v) is 10.6. The molecule has 27 heavy (non-hydrogen) atoms. The minimum absolute atomic E-state index is 0.0769. The first-order chi connectivity index (χ1) is 13.0. The lowest BCUT2D eigenvalue weighted by atomic mass is 9.81. The molecule has 0 N–H and O–H groups in total. The predicted octanol–water partition coefficient (Wildman–Crippen LogP) is 6.00. The SMILES string of the molecule is CCCCC(CC)C(=O)OC1=C(c2ccc(C)cc2)C(=O)C2(CCCC2)C1. The van der Waals surface area contributed by atoms with Crippen molar-refractivity contribution in [2.24, 2.45) is 11.3 Å². The highest BCUT2D eigenvalue weighted by Crippen LogP contribution is 2.53. The third-order valence-electron chi connectivity index (χ3n) is 6.34. The van der Waals surface area contributed by atoms with Crippen molar-refractivity contribution in [2.75, 3.05) is 0 Å². The molecule has 1 spiro atoms. The number of allylic oxidation sites excluding steroid dienone is 2. The highest BCUT2D eigenvalue weighted by molar-refractivity contribution is 6.26. The van der Waals surface area contributed by atoms with Crippen LogP contribution in [0, 0.1) is 18.3 Å². The van der Waals surface area contributed by atoms with Crippen molar-refractivity contribution >= 4 is 17.3 Å². The van der Waals surface area contributed by atoms with Crippen LogP contribution in [0.1, 0.15) is 82.8 Å². The first kappa shape index (κ1) is 19.9. The minimum atomic E-state index is -0.332. The van der Waals surface area contributed by atoms with Crippen LogP contribution in [0.25, 0.3) is 5.57 Å². The number of unbranched alkanes of at least 4 members (excludes halogenated alkanes) is 1. The smallest absolute Gasteiger partial charge is 0.314 e. The van der Waals surface area contributed by atoms with E-state index in [1.807, 2.05) is 38.1 Å². The maximum Gasteiger partial charge on any atom is 0.314 e. The second kappa shape index (κ2) is 8.41. The van der Waals surface area contributed by atoms with E-state index in [2.05, 4.69) is 6.92 Å². The first-order valence-electron chi connectivity index (χ1n) is 10.6. The molecule has 146 valence electrons. The lowest BCUT2D eigenvalue weighted by Crippen LogP contribution is -2.23. The van der Waals surface area contributed by atoms with E-state index in [0.29, 0.717) is 17.8 Å². The van der Waals surface area contributed by atoms with E-state index >= 15 is 0 Å². The number of ether oxygens (including phenoxy) is 1. The van der Waals surface area contributed by atoms with Crippen LogP contribution in [-0.4, -0.2) is 11.8 Å². The number of carbonyl (C=O) groups is 2. The van der Waals surface area contributed by atoms with Crippen LogP contribution in [0.3, 0.4) is 0 Å². The van der Waals surface area contributed by atoms with Gasteiger partial charge in [-0.15, -0.1) is 0 Å². The van der Waals surface area contributed by atoms with Gasteiger partial charge in [0.05, 0.1) is 11.5 Å². The van der Waals surface area contributed by atoms with Crippen molar-refractivity contribution in [1.82, 2.24) is 0 Å². The molecule has 3 nitrogen and oxygen atoms in total. The fourth-order valence-electron chi connectivity index (χ4n) is 4.57. The summed E-state index contributed by atoms with van der Waals surface area (Å²) in [7, 11) is 0. The van der Waals surface area contributed by atoms with Crippen LogP contribution in [0.4, 0.5) is 0 Å². The summed E-state index contributed by atoms with van der Waals surface area (Å²) < 4.78 is 5.94. The zero-order valence-electron chi connectivity index (χ0n) is 17.0. The molecular formula is C24H32O3. The van der Waals surface area contributed by atoms with Gasteiger partial charge >= 0.3 is 5.97 Å². The number of esters is 1. The summed E-state index contributed by atoms with van der Waals surface area (Å²) in [6, 6.07) is 8.01. The van der Waals surface area contributed by atoms with E-state index in [-0.39, 0.29) is 23.1 Å². The Balaban J connectivity index is 1.90. The van der Waals surface area contributed by atoms with Crippen molar-refractivity contribution in [3.8, 4) is 0 Å². The third kappa shape index (κ3) is 4.02. The predicted molar refractivity (Wildman–Crippen MR) is 108 cm³/mol. The summed E-state index contributed by atoms with van der Waals surface area (Å²) in [5.74, 6) is 0.569. The zero-order valence-corrected chi connectivity index (χ0v) is 17.0. The van der Waals surface area contributed by atoms with Crippen molar-refractivity contribution < 1.29 is 14.3 Å². The highest BCUT2D eigenvalue weighted by atomic mass is 16.5. The molecule has 1 atom stereocenters.